The van der Waals surface area contributed by atoms with Crippen molar-refractivity contribution in [3.63, 3.8) is 0 Å². The van der Waals surface area contributed by atoms with Gasteiger partial charge in [-0.3, -0.25) is 0 Å². The maximum Gasteiger partial charge on any atom is 0.0992 e. The van der Waals surface area contributed by atoms with Crippen LogP contribution in [-0.4, -0.2) is 30.4 Å². The number of nitriles is 1. The van der Waals surface area contributed by atoms with Crippen LogP contribution >= 0.6 is 0 Å². The Labute approximate surface area is 119 Å². The molecule has 4 nitrogen and oxygen atoms in total. The molecule has 0 atom stereocenters. The van der Waals surface area contributed by atoms with Crippen LogP contribution in [0.2, 0.25) is 0 Å². The largest absolute Gasteiger partial charge is 0.381 e. The number of ether oxygens (including phenoxy) is 1. The van der Waals surface area contributed by atoms with Gasteiger partial charge in [0.1, 0.15) is 0 Å². The molecule has 20 heavy (non-hydrogen) atoms. The van der Waals surface area contributed by atoms with Crippen molar-refractivity contribution < 1.29 is 4.74 Å². The molecule has 0 saturated carbocycles. The average molecular weight is 269 g/mol. The fraction of sp³-hybridized carbons (Fsp3) is 0.438. The van der Waals surface area contributed by atoms with Crippen LogP contribution < -0.4 is 5.32 Å². The molecule has 1 fully saturated rings. The zero-order valence-electron chi connectivity index (χ0n) is 11.5. The van der Waals surface area contributed by atoms with Crippen LogP contribution in [0.25, 0.3) is 10.9 Å². The van der Waals surface area contributed by atoms with Crippen LogP contribution in [0.1, 0.15) is 18.4 Å². The molecule has 1 N–H and O–H groups in total. The standard InChI is InChI=1S/C16H19N3O/c17-12-13-1-2-14-3-7-19(16(14)11-13)8-6-18-15-4-9-20-10-5-15/h1-3,7,11,15,18H,4-6,8-10H2. The molecule has 0 amide bonds. The molecule has 0 radical (unpaired) electrons. The number of aromatic nitrogens is 1. The predicted molar refractivity (Wildman–Crippen MR) is 78.5 cm³/mol. The van der Waals surface area contributed by atoms with E-state index in [1.165, 1.54) is 5.39 Å². The van der Waals surface area contributed by atoms with Gasteiger partial charge in [0.05, 0.1) is 11.6 Å². The van der Waals surface area contributed by atoms with Gasteiger partial charge in [0.25, 0.3) is 0 Å². The number of nitrogens with zero attached hydrogens (tertiary/aromatic N) is 2. The second-order valence-corrected chi connectivity index (χ2v) is 5.24. The summed E-state index contributed by atoms with van der Waals surface area (Å²) < 4.78 is 7.57. The summed E-state index contributed by atoms with van der Waals surface area (Å²) in [6.45, 7) is 3.62. The quantitative estimate of drug-likeness (QED) is 0.926. The van der Waals surface area contributed by atoms with Crippen molar-refractivity contribution in [1.29, 1.82) is 5.26 Å². The summed E-state index contributed by atoms with van der Waals surface area (Å²) in [5, 5.41) is 13.8. The SMILES string of the molecule is N#Cc1ccc2ccn(CCNC3CCOCC3)c2c1. The van der Waals surface area contributed by atoms with Crippen molar-refractivity contribution in [3.8, 4) is 6.07 Å². The molecular formula is C16H19N3O. The molecule has 2 aromatic rings. The van der Waals surface area contributed by atoms with E-state index in [1.807, 2.05) is 18.2 Å². The van der Waals surface area contributed by atoms with Gasteiger partial charge in [0, 0.05) is 44.1 Å². The minimum atomic E-state index is 0.584. The smallest absolute Gasteiger partial charge is 0.0992 e. The van der Waals surface area contributed by atoms with Gasteiger partial charge in [-0.15, -0.1) is 0 Å². The highest BCUT2D eigenvalue weighted by atomic mass is 16.5. The number of hydrogen-bond acceptors (Lipinski definition) is 3. The van der Waals surface area contributed by atoms with Gasteiger partial charge in [-0.25, -0.2) is 0 Å². The normalized spacial score (nSPS) is 16.4. The summed E-state index contributed by atoms with van der Waals surface area (Å²) in [5.41, 5.74) is 1.85. The Morgan fingerprint density at radius 3 is 2.95 bits per heavy atom. The molecule has 0 aliphatic carbocycles. The fourth-order valence-electron chi connectivity index (χ4n) is 2.74. The van der Waals surface area contributed by atoms with Gasteiger partial charge in [0.15, 0.2) is 0 Å². The minimum Gasteiger partial charge on any atom is -0.381 e. The van der Waals surface area contributed by atoms with Crippen LogP contribution in [0.3, 0.4) is 0 Å². The second-order valence-electron chi connectivity index (χ2n) is 5.24. The van der Waals surface area contributed by atoms with Crippen molar-refractivity contribution in [3.05, 3.63) is 36.0 Å². The van der Waals surface area contributed by atoms with Gasteiger partial charge in [0.2, 0.25) is 0 Å². The second kappa shape index (κ2) is 6.08. The highest BCUT2D eigenvalue weighted by Crippen LogP contribution is 2.17. The first-order chi connectivity index (χ1) is 9.86. The Morgan fingerprint density at radius 1 is 1.30 bits per heavy atom. The van der Waals surface area contributed by atoms with Crippen molar-refractivity contribution >= 4 is 10.9 Å². The van der Waals surface area contributed by atoms with E-state index < -0.39 is 0 Å². The van der Waals surface area contributed by atoms with Crippen LogP contribution in [0, 0.1) is 11.3 Å². The van der Waals surface area contributed by atoms with Gasteiger partial charge < -0.3 is 14.6 Å². The third-order valence-corrected chi connectivity index (χ3v) is 3.91. The van der Waals surface area contributed by atoms with E-state index >= 15 is 0 Å². The highest BCUT2D eigenvalue weighted by molar-refractivity contribution is 5.81. The summed E-state index contributed by atoms with van der Waals surface area (Å²) in [6, 6.07) is 10.7. The van der Waals surface area contributed by atoms with Crippen LogP contribution in [0.15, 0.2) is 30.5 Å². The molecular weight excluding hydrogens is 250 g/mol. The average Bonchev–Trinajstić information content (AvgIpc) is 2.91. The number of nitrogens with one attached hydrogen (secondary N) is 1. The molecule has 0 bridgehead atoms. The van der Waals surface area contributed by atoms with E-state index in [0.717, 1.165) is 50.2 Å². The number of benzene rings is 1. The third-order valence-electron chi connectivity index (χ3n) is 3.91. The molecule has 2 heterocycles. The van der Waals surface area contributed by atoms with Gasteiger partial charge in [-0.2, -0.15) is 5.26 Å². The lowest BCUT2D eigenvalue weighted by Gasteiger charge is -2.23. The molecule has 4 heteroatoms. The number of fused-ring (bicyclic) bond motifs is 1. The first kappa shape index (κ1) is 13.2. The van der Waals surface area contributed by atoms with E-state index in [-0.39, 0.29) is 0 Å². The Hall–Kier alpha value is -1.83. The van der Waals surface area contributed by atoms with Crippen LogP contribution in [-0.2, 0) is 11.3 Å². The number of rotatable bonds is 4. The Balaban J connectivity index is 1.63. The van der Waals surface area contributed by atoms with E-state index in [1.54, 1.807) is 0 Å². The van der Waals surface area contributed by atoms with E-state index in [9.17, 15) is 0 Å². The zero-order chi connectivity index (χ0) is 13.8. The lowest BCUT2D eigenvalue weighted by molar-refractivity contribution is 0.0779. The van der Waals surface area contributed by atoms with Crippen molar-refractivity contribution in [2.24, 2.45) is 0 Å². The number of hydrogen-bond donors (Lipinski definition) is 1. The predicted octanol–water partition coefficient (Wildman–Crippen LogP) is 2.28. The van der Waals surface area contributed by atoms with Gasteiger partial charge in [-0.1, -0.05) is 6.07 Å². The molecule has 1 aliphatic rings. The first-order valence-electron chi connectivity index (χ1n) is 7.17. The monoisotopic (exact) mass is 269 g/mol. The Bertz CT molecular complexity index is 620. The van der Waals surface area contributed by atoms with Crippen LogP contribution in [0.4, 0.5) is 0 Å². The summed E-state index contributed by atoms with van der Waals surface area (Å²) in [7, 11) is 0. The molecule has 1 aromatic heterocycles. The molecule has 0 spiro atoms. The van der Waals surface area contributed by atoms with E-state index in [4.69, 9.17) is 10.00 Å². The Morgan fingerprint density at radius 2 is 2.15 bits per heavy atom. The lowest BCUT2D eigenvalue weighted by atomic mass is 10.1. The molecule has 3 rings (SSSR count). The lowest BCUT2D eigenvalue weighted by Crippen LogP contribution is -2.36. The summed E-state index contributed by atoms with van der Waals surface area (Å²) in [6.07, 6.45) is 4.30. The summed E-state index contributed by atoms with van der Waals surface area (Å²) in [4.78, 5) is 0. The first-order valence-corrected chi connectivity index (χ1v) is 7.17. The fourth-order valence-corrected chi connectivity index (χ4v) is 2.74. The molecule has 104 valence electrons. The van der Waals surface area contributed by atoms with Crippen molar-refractivity contribution in [2.75, 3.05) is 19.8 Å². The zero-order valence-corrected chi connectivity index (χ0v) is 11.5. The third kappa shape index (κ3) is 2.84. The minimum absolute atomic E-state index is 0.584. The summed E-state index contributed by atoms with van der Waals surface area (Å²) in [5.74, 6) is 0. The van der Waals surface area contributed by atoms with E-state index in [0.29, 0.717) is 6.04 Å². The molecule has 1 aliphatic heterocycles. The topological polar surface area (TPSA) is 50.0 Å². The molecule has 1 aromatic carbocycles. The maximum absolute atomic E-state index is 8.99. The van der Waals surface area contributed by atoms with Gasteiger partial charge >= 0.3 is 0 Å². The maximum atomic E-state index is 8.99. The Kier molecular flexibility index (Phi) is 4.00. The van der Waals surface area contributed by atoms with Crippen molar-refractivity contribution in [2.45, 2.75) is 25.4 Å². The molecule has 0 unspecified atom stereocenters. The van der Waals surface area contributed by atoms with E-state index in [2.05, 4.69) is 28.2 Å². The molecule has 1 saturated heterocycles. The van der Waals surface area contributed by atoms with Crippen LogP contribution in [0.5, 0.6) is 0 Å². The van der Waals surface area contributed by atoms with Crippen molar-refractivity contribution in [1.82, 2.24) is 9.88 Å². The summed E-state index contributed by atoms with van der Waals surface area (Å²) >= 11 is 0. The van der Waals surface area contributed by atoms with Gasteiger partial charge in [-0.05, 0) is 36.4 Å². The highest BCUT2D eigenvalue weighted by Gasteiger charge is 2.12.